The molecule has 164 valence electrons. The summed E-state index contributed by atoms with van der Waals surface area (Å²) >= 11 is 0. The van der Waals surface area contributed by atoms with Gasteiger partial charge in [0.25, 0.3) is 5.56 Å². The van der Waals surface area contributed by atoms with Gasteiger partial charge in [-0.25, -0.2) is 4.79 Å². The maximum Gasteiger partial charge on any atom is 0.332 e. The fourth-order valence-electron chi connectivity index (χ4n) is 3.85. The monoisotopic (exact) mass is 432 g/mol. The molecule has 0 bridgehead atoms. The van der Waals surface area contributed by atoms with Crippen molar-refractivity contribution in [1.82, 2.24) is 14.5 Å². The number of aromatic nitrogens is 2. The highest BCUT2D eigenvalue weighted by Gasteiger charge is 2.38. The fourth-order valence-corrected chi connectivity index (χ4v) is 3.85. The second-order valence-electron chi connectivity index (χ2n) is 7.99. The SMILES string of the molecule is Cc1ccc(CNC(=O)C[C@@H]2C(=O)Nc3c2c(=O)n(C)c(=O)n3Cc2ccccc2)cc1. The van der Waals surface area contributed by atoms with Crippen LogP contribution in [0.1, 0.15) is 34.6 Å². The van der Waals surface area contributed by atoms with Crippen molar-refractivity contribution in [2.75, 3.05) is 5.32 Å². The van der Waals surface area contributed by atoms with Crippen LogP contribution in [0.15, 0.2) is 64.2 Å². The summed E-state index contributed by atoms with van der Waals surface area (Å²) in [5.74, 6) is -1.59. The smallest absolute Gasteiger partial charge is 0.332 e. The molecule has 0 saturated carbocycles. The number of fused-ring (bicyclic) bond motifs is 1. The predicted molar refractivity (Wildman–Crippen MR) is 121 cm³/mol. The van der Waals surface area contributed by atoms with E-state index in [0.717, 1.165) is 21.3 Å². The van der Waals surface area contributed by atoms with Crippen molar-refractivity contribution in [2.45, 2.75) is 32.4 Å². The summed E-state index contributed by atoms with van der Waals surface area (Å²) in [6.45, 7) is 2.50. The Labute approximate surface area is 184 Å². The third-order valence-electron chi connectivity index (χ3n) is 5.67. The van der Waals surface area contributed by atoms with Gasteiger partial charge in [-0.2, -0.15) is 0 Å². The van der Waals surface area contributed by atoms with Crippen molar-refractivity contribution in [2.24, 2.45) is 7.05 Å². The average Bonchev–Trinajstić information content (AvgIpc) is 3.11. The molecule has 2 N–H and O–H groups in total. The lowest BCUT2D eigenvalue weighted by molar-refractivity contribution is -0.125. The highest BCUT2D eigenvalue weighted by atomic mass is 16.2. The second kappa shape index (κ2) is 8.66. The Bertz CT molecular complexity index is 1290. The quantitative estimate of drug-likeness (QED) is 0.618. The molecule has 3 aromatic rings. The molecular formula is C24H24N4O4. The van der Waals surface area contributed by atoms with Gasteiger partial charge in [-0.05, 0) is 18.1 Å². The minimum atomic E-state index is -0.954. The van der Waals surface area contributed by atoms with Crippen molar-refractivity contribution in [3.8, 4) is 0 Å². The van der Waals surface area contributed by atoms with Gasteiger partial charge in [0.2, 0.25) is 11.8 Å². The number of amides is 2. The van der Waals surface area contributed by atoms with Crippen molar-refractivity contribution < 1.29 is 9.59 Å². The number of anilines is 1. The number of aryl methyl sites for hydroxylation is 1. The van der Waals surface area contributed by atoms with Crippen molar-refractivity contribution >= 4 is 17.6 Å². The Balaban J connectivity index is 1.59. The topological polar surface area (TPSA) is 102 Å². The summed E-state index contributed by atoms with van der Waals surface area (Å²) < 4.78 is 2.35. The van der Waals surface area contributed by atoms with Crippen LogP contribution in [0.4, 0.5) is 5.82 Å². The molecule has 8 nitrogen and oxygen atoms in total. The molecule has 1 atom stereocenters. The number of benzene rings is 2. The van der Waals surface area contributed by atoms with Gasteiger partial charge in [0.15, 0.2) is 0 Å². The van der Waals surface area contributed by atoms with Gasteiger partial charge in [0, 0.05) is 20.0 Å². The first-order valence-corrected chi connectivity index (χ1v) is 10.4. The van der Waals surface area contributed by atoms with E-state index >= 15 is 0 Å². The lowest BCUT2D eigenvalue weighted by Crippen LogP contribution is -2.40. The Morgan fingerprint density at radius 2 is 1.69 bits per heavy atom. The maximum absolute atomic E-state index is 12.9. The van der Waals surface area contributed by atoms with Gasteiger partial charge in [-0.15, -0.1) is 0 Å². The van der Waals surface area contributed by atoms with Crippen molar-refractivity contribution in [1.29, 1.82) is 0 Å². The standard InChI is InChI=1S/C24H24N4O4/c1-15-8-10-16(11-9-15)13-25-19(29)12-18-20-21(26-22(18)30)28(24(32)27(2)23(20)31)14-17-6-4-3-5-7-17/h3-11,18H,12-14H2,1-2H3,(H,25,29)(H,26,30)/t18-/m0/s1. The fraction of sp³-hybridized carbons (Fsp3) is 0.250. The minimum absolute atomic E-state index is 0.151. The summed E-state index contributed by atoms with van der Waals surface area (Å²) in [5.41, 5.74) is 1.97. The highest BCUT2D eigenvalue weighted by Crippen LogP contribution is 2.31. The normalized spacial score (nSPS) is 14.7. The van der Waals surface area contributed by atoms with Crippen molar-refractivity contribution in [3.63, 3.8) is 0 Å². The number of carbonyl (C=O) groups is 2. The first kappa shape index (κ1) is 21.3. The zero-order valence-corrected chi connectivity index (χ0v) is 17.9. The van der Waals surface area contributed by atoms with Crippen LogP contribution in [0.3, 0.4) is 0 Å². The molecule has 1 aromatic heterocycles. The van der Waals surface area contributed by atoms with E-state index in [0.29, 0.717) is 6.54 Å². The van der Waals surface area contributed by atoms with E-state index in [1.807, 2.05) is 61.5 Å². The van der Waals surface area contributed by atoms with E-state index in [9.17, 15) is 19.2 Å². The lowest BCUT2D eigenvalue weighted by Gasteiger charge is -2.14. The van der Waals surface area contributed by atoms with E-state index in [1.165, 1.54) is 11.6 Å². The molecule has 2 heterocycles. The molecule has 0 radical (unpaired) electrons. The molecule has 4 rings (SSSR count). The van der Waals surface area contributed by atoms with E-state index in [4.69, 9.17) is 0 Å². The Morgan fingerprint density at radius 1 is 1.00 bits per heavy atom. The number of rotatable bonds is 6. The lowest BCUT2D eigenvalue weighted by atomic mass is 9.99. The molecule has 0 spiro atoms. The zero-order chi connectivity index (χ0) is 22.8. The molecular weight excluding hydrogens is 408 g/mol. The van der Waals surface area contributed by atoms with Gasteiger partial charge in [-0.1, -0.05) is 60.2 Å². The van der Waals surface area contributed by atoms with E-state index < -0.39 is 23.1 Å². The summed E-state index contributed by atoms with van der Waals surface area (Å²) in [6.07, 6.45) is -0.177. The predicted octanol–water partition coefficient (Wildman–Crippen LogP) is 1.65. The molecule has 0 saturated heterocycles. The first-order chi connectivity index (χ1) is 15.3. The largest absolute Gasteiger partial charge is 0.352 e. The van der Waals surface area contributed by atoms with Gasteiger partial charge in [0.05, 0.1) is 18.0 Å². The number of hydrogen-bond donors (Lipinski definition) is 2. The second-order valence-corrected chi connectivity index (χ2v) is 7.99. The van der Waals surface area contributed by atoms with Gasteiger partial charge in [0.1, 0.15) is 5.82 Å². The van der Waals surface area contributed by atoms with E-state index in [-0.39, 0.29) is 30.3 Å². The van der Waals surface area contributed by atoms with Crippen LogP contribution in [0, 0.1) is 6.92 Å². The van der Waals surface area contributed by atoms with Crippen LogP contribution in [-0.2, 0) is 29.7 Å². The first-order valence-electron chi connectivity index (χ1n) is 10.4. The summed E-state index contributed by atoms with van der Waals surface area (Å²) in [5, 5.41) is 5.46. The van der Waals surface area contributed by atoms with Crippen LogP contribution in [0.2, 0.25) is 0 Å². The van der Waals surface area contributed by atoms with Crippen LogP contribution in [0.5, 0.6) is 0 Å². The third-order valence-corrected chi connectivity index (χ3v) is 5.67. The van der Waals surface area contributed by atoms with Gasteiger partial charge in [-0.3, -0.25) is 23.5 Å². The summed E-state index contributed by atoms with van der Waals surface area (Å²) in [6, 6.07) is 17.0. The Kier molecular flexibility index (Phi) is 5.77. The molecule has 32 heavy (non-hydrogen) atoms. The van der Waals surface area contributed by atoms with E-state index in [2.05, 4.69) is 10.6 Å². The molecule has 0 unspecified atom stereocenters. The van der Waals surface area contributed by atoms with Crippen molar-refractivity contribution in [3.05, 3.63) is 97.7 Å². The average molecular weight is 432 g/mol. The number of nitrogens with one attached hydrogen (secondary N) is 2. The molecule has 2 aromatic carbocycles. The molecule has 1 aliphatic rings. The minimum Gasteiger partial charge on any atom is -0.352 e. The Morgan fingerprint density at radius 3 is 2.38 bits per heavy atom. The van der Waals surface area contributed by atoms with Gasteiger partial charge < -0.3 is 10.6 Å². The van der Waals surface area contributed by atoms with Crippen LogP contribution < -0.4 is 21.9 Å². The summed E-state index contributed by atoms with van der Waals surface area (Å²) in [4.78, 5) is 50.9. The van der Waals surface area contributed by atoms with Crippen LogP contribution in [0.25, 0.3) is 0 Å². The molecule has 8 heteroatoms. The summed E-state index contributed by atoms with van der Waals surface area (Å²) in [7, 11) is 1.38. The maximum atomic E-state index is 12.9. The molecule has 0 aliphatic carbocycles. The molecule has 2 amide bonds. The van der Waals surface area contributed by atoms with Gasteiger partial charge >= 0.3 is 5.69 Å². The number of nitrogens with zero attached hydrogens (tertiary/aromatic N) is 2. The van der Waals surface area contributed by atoms with Crippen LogP contribution in [-0.4, -0.2) is 20.9 Å². The molecule has 1 aliphatic heterocycles. The number of hydrogen-bond acceptors (Lipinski definition) is 4. The third kappa shape index (κ3) is 4.12. The highest BCUT2D eigenvalue weighted by molar-refractivity contribution is 6.04. The number of carbonyl (C=O) groups excluding carboxylic acids is 2. The zero-order valence-electron chi connectivity index (χ0n) is 17.9. The van der Waals surface area contributed by atoms with E-state index in [1.54, 1.807) is 0 Å². The Hall–Kier alpha value is -3.94. The molecule has 0 fully saturated rings. The van der Waals surface area contributed by atoms with Crippen LogP contribution >= 0.6 is 0 Å².